The summed E-state index contributed by atoms with van der Waals surface area (Å²) in [7, 11) is 1.94. The smallest absolute Gasteiger partial charge is 0.255 e. The number of hydrogen-bond acceptors (Lipinski definition) is 2. The zero-order valence-electron chi connectivity index (χ0n) is 10.9. The van der Waals surface area contributed by atoms with E-state index in [1.807, 2.05) is 36.2 Å². The minimum atomic E-state index is -0.0683. The molecular formula is C14H19BrN2O. The lowest BCUT2D eigenvalue weighted by atomic mass is 9.98. The average Bonchev–Trinajstić information content (AvgIpc) is 2.71. The molecule has 3 nitrogen and oxygen atoms in total. The predicted molar refractivity (Wildman–Crippen MR) is 76.7 cm³/mol. The molecule has 18 heavy (non-hydrogen) atoms. The summed E-state index contributed by atoms with van der Waals surface area (Å²) < 4.78 is 0.869. The van der Waals surface area contributed by atoms with E-state index in [1.165, 1.54) is 0 Å². The number of benzene rings is 1. The molecule has 1 aromatic rings. The van der Waals surface area contributed by atoms with Crippen LogP contribution in [0.4, 0.5) is 0 Å². The second kappa shape index (κ2) is 5.41. The first-order chi connectivity index (χ1) is 8.58. The van der Waals surface area contributed by atoms with Crippen LogP contribution in [0.3, 0.4) is 0 Å². The van der Waals surface area contributed by atoms with E-state index in [0.29, 0.717) is 0 Å². The number of nitrogens with one attached hydrogen (secondary N) is 1. The first-order valence-corrected chi connectivity index (χ1v) is 7.09. The van der Waals surface area contributed by atoms with Crippen molar-refractivity contribution in [2.24, 2.45) is 0 Å². The fraction of sp³-hybridized carbons (Fsp3) is 0.500. The van der Waals surface area contributed by atoms with Crippen molar-refractivity contribution in [3.63, 3.8) is 0 Å². The maximum Gasteiger partial charge on any atom is 0.255 e. The number of likely N-dealkylation sites (N-methyl/N-ethyl adjacent to an activating group) is 1. The third-order valence-corrected chi connectivity index (χ3v) is 4.35. The Balaban J connectivity index is 2.26. The van der Waals surface area contributed by atoms with Gasteiger partial charge in [0.1, 0.15) is 0 Å². The Kier molecular flexibility index (Phi) is 4.07. The third kappa shape index (κ3) is 2.45. The van der Waals surface area contributed by atoms with Crippen molar-refractivity contribution >= 4 is 21.8 Å². The topological polar surface area (TPSA) is 32.3 Å². The summed E-state index contributed by atoms with van der Waals surface area (Å²) in [5.74, 6) is 0.123. The highest BCUT2D eigenvalue weighted by Crippen LogP contribution is 2.31. The molecule has 0 radical (unpaired) electrons. The molecule has 0 aromatic heterocycles. The van der Waals surface area contributed by atoms with Crippen LogP contribution in [0.25, 0.3) is 0 Å². The zero-order chi connectivity index (χ0) is 13.2. The fourth-order valence-electron chi connectivity index (χ4n) is 2.71. The zero-order valence-corrected chi connectivity index (χ0v) is 12.5. The summed E-state index contributed by atoms with van der Waals surface area (Å²) >= 11 is 3.46. The maximum atomic E-state index is 12.6. The van der Waals surface area contributed by atoms with Gasteiger partial charge in [0.2, 0.25) is 0 Å². The van der Waals surface area contributed by atoms with E-state index in [2.05, 4.69) is 28.2 Å². The van der Waals surface area contributed by atoms with E-state index in [9.17, 15) is 4.79 Å². The molecule has 1 saturated heterocycles. The van der Waals surface area contributed by atoms with Gasteiger partial charge in [0.15, 0.2) is 0 Å². The summed E-state index contributed by atoms with van der Waals surface area (Å²) in [6.07, 6.45) is 2.14. The number of hydrogen-bond donors (Lipinski definition) is 1. The Morgan fingerprint density at radius 2 is 2.22 bits per heavy atom. The van der Waals surface area contributed by atoms with Crippen LogP contribution in [0.2, 0.25) is 0 Å². The largest absolute Gasteiger partial charge is 0.332 e. The molecule has 1 amide bonds. The minimum Gasteiger partial charge on any atom is -0.332 e. The monoisotopic (exact) mass is 310 g/mol. The highest BCUT2D eigenvalue weighted by Gasteiger charge is 2.39. The first kappa shape index (κ1) is 13.6. The van der Waals surface area contributed by atoms with Gasteiger partial charge in [-0.3, -0.25) is 4.79 Å². The number of carbonyl (C=O) groups is 1. The van der Waals surface area contributed by atoms with Crippen LogP contribution < -0.4 is 5.32 Å². The summed E-state index contributed by atoms with van der Waals surface area (Å²) in [5, 5.41) is 3.20. The van der Waals surface area contributed by atoms with Gasteiger partial charge in [-0.2, -0.15) is 0 Å². The number of rotatable bonds is 3. The molecule has 1 atom stereocenters. The molecule has 98 valence electrons. The normalized spacial score (nSPS) is 23.4. The molecule has 4 heteroatoms. The van der Waals surface area contributed by atoms with E-state index in [-0.39, 0.29) is 11.4 Å². The fourth-order valence-corrected chi connectivity index (χ4v) is 3.17. The molecule has 2 rings (SSSR count). The molecular weight excluding hydrogens is 292 g/mol. The molecule has 1 unspecified atom stereocenters. The summed E-state index contributed by atoms with van der Waals surface area (Å²) in [6.45, 7) is 3.84. The Labute approximate surface area is 117 Å². The van der Waals surface area contributed by atoms with Crippen molar-refractivity contribution in [3.05, 3.63) is 34.3 Å². The van der Waals surface area contributed by atoms with Crippen molar-refractivity contribution in [2.75, 3.05) is 20.1 Å². The van der Waals surface area contributed by atoms with Gasteiger partial charge in [-0.25, -0.2) is 0 Å². The van der Waals surface area contributed by atoms with E-state index < -0.39 is 0 Å². The van der Waals surface area contributed by atoms with E-state index in [1.54, 1.807) is 0 Å². The van der Waals surface area contributed by atoms with Crippen LogP contribution in [0.15, 0.2) is 28.7 Å². The van der Waals surface area contributed by atoms with Crippen LogP contribution in [0, 0.1) is 0 Å². The van der Waals surface area contributed by atoms with Gasteiger partial charge in [-0.05, 0) is 54.9 Å². The van der Waals surface area contributed by atoms with E-state index in [0.717, 1.165) is 36.0 Å². The molecule has 1 fully saturated rings. The average molecular weight is 311 g/mol. The Morgan fingerprint density at radius 1 is 1.50 bits per heavy atom. The molecule has 0 aliphatic carbocycles. The quantitative estimate of drug-likeness (QED) is 0.931. The van der Waals surface area contributed by atoms with Crippen LogP contribution in [-0.2, 0) is 0 Å². The third-order valence-electron chi connectivity index (χ3n) is 3.66. The predicted octanol–water partition coefficient (Wildman–Crippen LogP) is 2.66. The second-order valence-electron chi connectivity index (χ2n) is 5.07. The first-order valence-electron chi connectivity index (χ1n) is 6.29. The lowest BCUT2D eigenvalue weighted by Crippen LogP contribution is -2.50. The molecule has 1 aliphatic rings. The van der Waals surface area contributed by atoms with Crippen molar-refractivity contribution < 1.29 is 4.79 Å². The van der Waals surface area contributed by atoms with Crippen molar-refractivity contribution in [2.45, 2.75) is 25.3 Å². The van der Waals surface area contributed by atoms with Crippen LogP contribution in [0.5, 0.6) is 0 Å². The molecule has 1 aliphatic heterocycles. The van der Waals surface area contributed by atoms with Gasteiger partial charge in [0, 0.05) is 17.6 Å². The number of nitrogens with zero attached hydrogens (tertiary/aromatic N) is 1. The SMILES string of the molecule is CNCC1(C)CCCN1C(=O)c1ccccc1Br. The van der Waals surface area contributed by atoms with Crippen LogP contribution in [-0.4, -0.2) is 36.5 Å². The molecule has 0 saturated carbocycles. The number of carbonyl (C=O) groups excluding carboxylic acids is 1. The van der Waals surface area contributed by atoms with Crippen molar-refractivity contribution in [1.82, 2.24) is 10.2 Å². The van der Waals surface area contributed by atoms with Crippen LogP contribution in [0.1, 0.15) is 30.1 Å². The highest BCUT2D eigenvalue weighted by molar-refractivity contribution is 9.10. The maximum absolute atomic E-state index is 12.6. The van der Waals surface area contributed by atoms with E-state index >= 15 is 0 Å². The number of halogens is 1. The molecule has 1 aromatic carbocycles. The van der Waals surface area contributed by atoms with Crippen LogP contribution >= 0.6 is 15.9 Å². The molecule has 1 N–H and O–H groups in total. The molecule has 1 heterocycles. The Bertz CT molecular complexity index is 449. The minimum absolute atomic E-state index is 0.0683. The Morgan fingerprint density at radius 3 is 2.89 bits per heavy atom. The highest BCUT2D eigenvalue weighted by atomic mass is 79.9. The van der Waals surface area contributed by atoms with Gasteiger partial charge < -0.3 is 10.2 Å². The van der Waals surface area contributed by atoms with Crippen molar-refractivity contribution in [3.8, 4) is 0 Å². The van der Waals surface area contributed by atoms with Crippen molar-refractivity contribution in [1.29, 1.82) is 0 Å². The standard InChI is InChI=1S/C14H19BrN2O/c1-14(10-16-2)8-5-9-17(14)13(18)11-6-3-4-7-12(11)15/h3-4,6-7,16H,5,8-10H2,1-2H3. The lowest BCUT2D eigenvalue weighted by molar-refractivity contribution is 0.0625. The molecule has 0 spiro atoms. The van der Waals surface area contributed by atoms with Gasteiger partial charge in [0.05, 0.1) is 11.1 Å². The Hall–Kier alpha value is -0.870. The number of amides is 1. The molecule has 0 bridgehead atoms. The van der Waals surface area contributed by atoms with Gasteiger partial charge in [-0.15, -0.1) is 0 Å². The lowest BCUT2D eigenvalue weighted by Gasteiger charge is -2.35. The van der Waals surface area contributed by atoms with Gasteiger partial charge in [-0.1, -0.05) is 12.1 Å². The summed E-state index contributed by atoms with van der Waals surface area (Å²) in [6, 6.07) is 7.63. The summed E-state index contributed by atoms with van der Waals surface area (Å²) in [4.78, 5) is 14.6. The van der Waals surface area contributed by atoms with Gasteiger partial charge >= 0.3 is 0 Å². The van der Waals surface area contributed by atoms with E-state index in [4.69, 9.17) is 0 Å². The summed E-state index contributed by atoms with van der Waals surface area (Å²) in [5.41, 5.74) is 0.683. The second-order valence-corrected chi connectivity index (χ2v) is 5.92. The number of likely N-dealkylation sites (tertiary alicyclic amines) is 1. The van der Waals surface area contributed by atoms with Gasteiger partial charge in [0.25, 0.3) is 5.91 Å².